The minimum absolute atomic E-state index is 0.246. The van der Waals surface area contributed by atoms with Gasteiger partial charge in [0.05, 0.1) is 16.2 Å². The van der Waals surface area contributed by atoms with Crippen LogP contribution in [0.25, 0.3) is 0 Å². The molecule has 1 rings (SSSR count). The van der Waals surface area contributed by atoms with Gasteiger partial charge in [0.1, 0.15) is 0 Å². The van der Waals surface area contributed by atoms with E-state index in [1.807, 2.05) is 6.92 Å². The summed E-state index contributed by atoms with van der Waals surface area (Å²) in [4.78, 5) is 4.46. The molecule has 0 radical (unpaired) electrons. The number of hydrogen-bond donors (Lipinski definition) is 1. The molecule has 0 aliphatic heterocycles. The molecule has 3 heteroatoms. The van der Waals surface area contributed by atoms with Crippen molar-refractivity contribution in [2.45, 2.75) is 39.2 Å². The quantitative estimate of drug-likeness (QED) is 0.782. The summed E-state index contributed by atoms with van der Waals surface area (Å²) >= 11 is 1.70. The van der Waals surface area contributed by atoms with Gasteiger partial charge in [0.2, 0.25) is 0 Å². The van der Waals surface area contributed by atoms with E-state index in [2.05, 4.69) is 24.2 Å². The second-order valence-corrected chi connectivity index (χ2v) is 4.19. The summed E-state index contributed by atoms with van der Waals surface area (Å²) in [6.45, 7) is 6.23. The zero-order valence-electron chi connectivity index (χ0n) is 7.92. The predicted molar refractivity (Wildman–Crippen MR) is 53.3 cm³/mol. The summed E-state index contributed by atoms with van der Waals surface area (Å²) in [6, 6.07) is 0. The maximum Gasteiger partial charge on any atom is 0.0926 e. The molecular weight excluding hydrogens is 168 g/mol. The van der Waals surface area contributed by atoms with Crippen LogP contribution in [0.15, 0.2) is 5.38 Å². The molecule has 1 aromatic rings. The van der Waals surface area contributed by atoms with E-state index in [1.54, 1.807) is 11.3 Å². The molecule has 1 aromatic heterocycles. The molecule has 0 aromatic carbocycles. The normalized spacial score (nSPS) is 16.0. The zero-order chi connectivity index (χ0) is 9.19. The van der Waals surface area contributed by atoms with Crippen LogP contribution in [0.1, 0.15) is 37.9 Å². The number of thiazole rings is 1. The molecule has 0 bridgehead atoms. The van der Waals surface area contributed by atoms with Crippen molar-refractivity contribution < 1.29 is 0 Å². The molecule has 68 valence electrons. The molecule has 1 unspecified atom stereocenters. The Morgan fingerprint density at radius 1 is 1.58 bits per heavy atom. The number of hydrogen-bond acceptors (Lipinski definition) is 3. The number of rotatable bonds is 3. The lowest BCUT2D eigenvalue weighted by molar-refractivity contribution is 0.463. The van der Waals surface area contributed by atoms with E-state index in [0.29, 0.717) is 0 Å². The van der Waals surface area contributed by atoms with Gasteiger partial charge < -0.3 is 5.73 Å². The Morgan fingerprint density at radius 3 is 2.67 bits per heavy atom. The SMILES string of the molecule is CCc1nc(C(C)(N)CC)cs1. The van der Waals surface area contributed by atoms with Crippen molar-refractivity contribution in [3.05, 3.63) is 16.1 Å². The van der Waals surface area contributed by atoms with Crippen LogP contribution in [0.5, 0.6) is 0 Å². The van der Waals surface area contributed by atoms with Crippen LogP contribution in [0.4, 0.5) is 0 Å². The largest absolute Gasteiger partial charge is 0.320 e. The lowest BCUT2D eigenvalue weighted by atomic mass is 9.97. The minimum Gasteiger partial charge on any atom is -0.320 e. The van der Waals surface area contributed by atoms with Crippen LogP contribution in [0, 0.1) is 0 Å². The molecular formula is C9H16N2S. The van der Waals surface area contributed by atoms with Gasteiger partial charge in [0, 0.05) is 5.38 Å². The molecule has 0 saturated heterocycles. The van der Waals surface area contributed by atoms with Gasteiger partial charge in [0.25, 0.3) is 0 Å². The van der Waals surface area contributed by atoms with Gasteiger partial charge in [-0.15, -0.1) is 11.3 Å². The number of aryl methyl sites for hydroxylation is 1. The van der Waals surface area contributed by atoms with Crippen molar-refractivity contribution in [3.8, 4) is 0 Å². The summed E-state index contributed by atoms with van der Waals surface area (Å²) in [5, 5.41) is 3.25. The zero-order valence-corrected chi connectivity index (χ0v) is 8.74. The van der Waals surface area contributed by atoms with Crippen LogP contribution >= 0.6 is 11.3 Å². The topological polar surface area (TPSA) is 38.9 Å². The smallest absolute Gasteiger partial charge is 0.0926 e. The first-order valence-electron chi connectivity index (χ1n) is 4.34. The molecule has 0 spiro atoms. The average Bonchev–Trinajstić information content (AvgIpc) is 2.52. The average molecular weight is 184 g/mol. The van der Waals surface area contributed by atoms with E-state index in [4.69, 9.17) is 5.73 Å². The highest BCUT2D eigenvalue weighted by atomic mass is 32.1. The van der Waals surface area contributed by atoms with E-state index in [1.165, 1.54) is 5.01 Å². The van der Waals surface area contributed by atoms with Crippen LogP contribution in [-0.2, 0) is 12.0 Å². The third-order valence-electron chi connectivity index (χ3n) is 2.17. The standard InChI is InChI=1S/C9H16N2S/c1-4-8-11-7(6-12-8)9(3,10)5-2/h6H,4-5,10H2,1-3H3. The van der Waals surface area contributed by atoms with Gasteiger partial charge >= 0.3 is 0 Å². The maximum atomic E-state index is 6.05. The van der Waals surface area contributed by atoms with Crippen LogP contribution in [-0.4, -0.2) is 4.98 Å². The Hall–Kier alpha value is -0.410. The van der Waals surface area contributed by atoms with Crippen molar-refractivity contribution >= 4 is 11.3 Å². The Kier molecular flexibility index (Phi) is 2.85. The fourth-order valence-corrected chi connectivity index (χ4v) is 1.80. The number of aromatic nitrogens is 1. The van der Waals surface area contributed by atoms with Crippen molar-refractivity contribution in [2.75, 3.05) is 0 Å². The first-order chi connectivity index (χ1) is 5.60. The Morgan fingerprint density at radius 2 is 2.25 bits per heavy atom. The molecule has 0 aliphatic rings. The third kappa shape index (κ3) is 1.84. The molecule has 1 heterocycles. The predicted octanol–water partition coefficient (Wildman–Crippen LogP) is 2.29. The lowest BCUT2D eigenvalue weighted by Gasteiger charge is -2.19. The Labute approximate surface area is 77.8 Å². The van der Waals surface area contributed by atoms with Crippen LogP contribution in [0.2, 0.25) is 0 Å². The molecule has 0 saturated carbocycles. The van der Waals surface area contributed by atoms with Crippen molar-refractivity contribution in [3.63, 3.8) is 0 Å². The van der Waals surface area contributed by atoms with E-state index in [9.17, 15) is 0 Å². The van der Waals surface area contributed by atoms with Gasteiger partial charge in [-0.2, -0.15) is 0 Å². The maximum absolute atomic E-state index is 6.05. The van der Waals surface area contributed by atoms with Gasteiger partial charge in [-0.25, -0.2) is 4.98 Å². The lowest BCUT2D eigenvalue weighted by Crippen LogP contribution is -2.32. The van der Waals surface area contributed by atoms with Gasteiger partial charge in [0.15, 0.2) is 0 Å². The van der Waals surface area contributed by atoms with Crippen molar-refractivity contribution in [1.82, 2.24) is 4.98 Å². The second kappa shape index (κ2) is 3.54. The van der Waals surface area contributed by atoms with Crippen LogP contribution in [0.3, 0.4) is 0 Å². The van der Waals surface area contributed by atoms with Crippen LogP contribution < -0.4 is 5.73 Å². The second-order valence-electron chi connectivity index (χ2n) is 3.25. The molecule has 0 amide bonds. The fourth-order valence-electron chi connectivity index (χ4n) is 0.917. The Balaban J connectivity index is 2.88. The summed E-state index contributed by atoms with van der Waals surface area (Å²) < 4.78 is 0. The van der Waals surface area contributed by atoms with Gasteiger partial charge in [-0.1, -0.05) is 13.8 Å². The summed E-state index contributed by atoms with van der Waals surface area (Å²) in [6.07, 6.45) is 1.93. The number of nitrogens with zero attached hydrogens (tertiary/aromatic N) is 1. The van der Waals surface area contributed by atoms with E-state index >= 15 is 0 Å². The highest BCUT2D eigenvalue weighted by Crippen LogP contribution is 2.23. The number of nitrogens with two attached hydrogens (primary N) is 1. The molecule has 2 nitrogen and oxygen atoms in total. The molecule has 2 N–H and O–H groups in total. The van der Waals surface area contributed by atoms with E-state index < -0.39 is 0 Å². The molecule has 0 aliphatic carbocycles. The molecule has 0 fully saturated rings. The molecule has 12 heavy (non-hydrogen) atoms. The van der Waals surface area contributed by atoms with Gasteiger partial charge in [-0.3, -0.25) is 0 Å². The third-order valence-corrected chi connectivity index (χ3v) is 3.17. The minimum atomic E-state index is -0.246. The first kappa shape index (κ1) is 9.68. The van der Waals surface area contributed by atoms with E-state index in [0.717, 1.165) is 18.5 Å². The summed E-state index contributed by atoms with van der Waals surface area (Å²) in [5.41, 5.74) is 6.84. The first-order valence-corrected chi connectivity index (χ1v) is 5.22. The van der Waals surface area contributed by atoms with Gasteiger partial charge in [-0.05, 0) is 19.8 Å². The van der Waals surface area contributed by atoms with E-state index in [-0.39, 0.29) is 5.54 Å². The van der Waals surface area contributed by atoms with Crippen molar-refractivity contribution in [1.29, 1.82) is 0 Å². The Bertz CT molecular complexity index is 253. The van der Waals surface area contributed by atoms with Crippen molar-refractivity contribution in [2.24, 2.45) is 5.73 Å². The summed E-state index contributed by atoms with van der Waals surface area (Å²) in [7, 11) is 0. The highest BCUT2D eigenvalue weighted by Gasteiger charge is 2.21. The summed E-state index contributed by atoms with van der Waals surface area (Å²) in [5.74, 6) is 0. The monoisotopic (exact) mass is 184 g/mol. The molecule has 1 atom stereocenters. The fraction of sp³-hybridized carbons (Fsp3) is 0.667. The highest BCUT2D eigenvalue weighted by molar-refractivity contribution is 7.09.